The molecule has 0 aliphatic heterocycles. The summed E-state index contributed by atoms with van der Waals surface area (Å²) in [6, 6.07) is 23.7. The van der Waals surface area contributed by atoms with Crippen LogP contribution in [0.3, 0.4) is 0 Å². The molecule has 0 bridgehead atoms. The van der Waals surface area contributed by atoms with Crippen LogP contribution in [-0.2, 0) is 28.5 Å². The topological polar surface area (TPSA) is 118 Å². The van der Waals surface area contributed by atoms with Gasteiger partial charge in [0.15, 0.2) is 0 Å². The van der Waals surface area contributed by atoms with E-state index in [2.05, 4.69) is 34.2 Å². The third kappa shape index (κ3) is 6.77. The Morgan fingerprint density at radius 1 is 1.00 bits per heavy atom. The summed E-state index contributed by atoms with van der Waals surface area (Å²) in [5.41, 5.74) is 8.54. The molecule has 216 valence electrons. The molecule has 1 aliphatic carbocycles. The van der Waals surface area contributed by atoms with Gasteiger partial charge in [0.05, 0.1) is 11.3 Å². The number of benzene rings is 2. The van der Waals surface area contributed by atoms with E-state index >= 15 is 0 Å². The van der Waals surface area contributed by atoms with E-state index in [0.717, 1.165) is 24.1 Å². The van der Waals surface area contributed by atoms with Crippen LogP contribution in [0.1, 0.15) is 44.2 Å². The number of hydrogen-bond donors (Lipinski definition) is 1. The maximum absolute atomic E-state index is 12.9. The SMILES string of the molecule is CCS(=O)(=O)N(C)c1cc(-c2nnc([C@](C)(N)Cc3ccccc3)o2)cc(N(Cc2ccccc2)CC2CC2C)n1. The molecule has 0 radical (unpaired) electrons. The van der Waals surface area contributed by atoms with E-state index in [-0.39, 0.29) is 11.6 Å². The molecule has 2 aromatic heterocycles. The molecule has 10 heteroatoms. The average Bonchev–Trinajstić information content (AvgIpc) is 3.43. The van der Waals surface area contributed by atoms with Gasteiger partial charge in [-0.1, -0.05) is 67.6 Å². The summed E-state index contributed by atoms with van der Waals surface area (Å²) in [6.07, 6.45) is 1.68. The largest absolute Gasteiger partial charge is 0.419 e. The zero-order chi connectivity index (χ0) is 29.2. The number of hydrogen-bond acceptors (Lipinski definition) is 8. The zero-order valence-corrected chi connectivity index (χ0v) is 24.9. The molecule has 1 saturated carbocycles. The van der Waals surface area contributed by atoms with Crippen molar-refractivity contribution in [1.82, 2.24) is 15.2 Å². The van der Waals surface area contributed by atoms with Crippen molar-refractivity contribution in [3.8, 4) is 11.5 Å². The lowest BCUT2D eigenvalue weighted by Gasteiger charge is -2.26. The molecule has 5 rings (SSSR count). The van der Waals surface area contributed by atoms with Crippen molar-refractivity contribution in [1.29, 1.82) is 0 Å². The molecule has 0 spiro atoms. The fraction of sp³-hybridized carbons (Fsp3) is 0.387. The minimum absolute atomic E-state index is 0.0478. The van der Waals surface area contributed by atoms with E-state index in [4.69, 9.17) is 15.1 Å². The molecular formula is C31H38N6O3S. The van der Waals surface area contributed by atoms with Crippen LogP contribution in [0.25, 0.3) is 11.5 Å². The number of sulfonamides is 1. The van der Waals surface area contributed by atoms with E-state index in [9.17, 15) is 8.42 Å². The molecule has 0 saturated heterocycles. The van der Waals surface area contributed by atoms with Gasteiger partial charge < -0.3 is 15.1 Å². The Balaban J connectivity index is 1.54. The van der Waals surface area contributed by atoms with Gasteiger partial charge in [0.25, 0.3) is 0 Å². The van der Waals surface area contributed by atoms with Gasteiger partial charge in [-0.15, -0.1) is 10.2 Å². The number of anilines is 2. The standard InChI is InChI=1S/C31H38N6O3S/c1-5-41(38,39)36(4)27-17-25(29-34-35-30(40-29)31(3,32)19-23-12-8-6-9-13-23)18-28(33-27)37(21-26-16-22(26)2)20-24-14-10-7-11-15-24/h6-15,17-18,22,26H,5,16,19-21,32H2,1-4H3/t22?,26?,31-/m1/s1. The van der Waals surface area contributed by atoms with Gasteiger partial charge in [0.2, 0.25) is 21.8 Å². The Morgan fingerprint density at radius 3 is 2.22 bits per heavy atom. The number of pyridine rings is 1. The first kappa shape index (κ1) is 28.8. The number of aromatic nitrogens is 3. The van der Waals surface area contributed by atoms with Crippen molar-refractivity contribution in [2.75, 3.05) is 28.6 Å². The smallest absolute Gasteiger partial charge is 0.248 e. The lowest BCUT2D eigenvalue weighted by atomic mass is 9.94. The molecule has 0 amide bonds. The van der Waals surface area contributed by atoms with E-state index in [0.29, 0.717) is 47.9 Å². The van der Waals surface area contributed by atoms with Crippen LogP contribution in [0, 0.1) is 11.8 Å². The second-order valence-electron chi connectivity index (χ2n) is 11.3. The second kappa shape index (κ2) is 11.6. The van der Waals surface area contributed by atoms with Crippen molar-refractivity contribution in [3.63, 3.8) is 0 Å². The first-order valence-electron chi connectivity index (χ1n) is 14.0. The molecule has 1 fully saturated rings. The lowest BCUT2D eigenvalue weighted by molar-refractivity contribution is 0.355. The van der Waals surface area contributed by atoms with Gasteiger partial charge in [-0.25, -0.2) is 13.4 Å². The van der Waals surface area contributed by atoms with Crippen LogP contribution >= 0.6 is 0 Å². The van der Waals surface area contributed by atoms with Crippen molar-refractivity contribution in [2.24, 2.45) is 17.6 Å². The molecular weight excluding hydrogens is 536 g/mol. The maximum Gasteiger partial charge on any atom is 0.248 e. The van der Waals surface area contributed by atoms with Gasteiger partial charge >= 0.3 is 0 Å². The van der Waals surface area contributed by atoms with Gasteiger partial charge in [0, 0.05) is 25.7 Å². The molecule has 1 aliphatic rings. The Morgan fingerprint density at radius 2 is 1.61 bits per heavy atom. The van der Waals surface area contributed by atoms with Crippen molar-refractivity contribution in [2.45, 2.75) is 45.7 Å². The number of rotatable bonds is 12. The normalized spacial score (nSPS) is 18.1. The van der Waals surface area contributed by atoms with Crippen LogP contribution in [0.2, 0.25) is 0 Å². The molecule has 2 unspecified atom stereocenters. The first-order chi connectivity index (χ1) is 19.6. The lowest BCUT2D eigenvalue weighted by Crippen LogP contribution is -2.35. The quantitative estimate of drug-likeness (QED) is 0.251. The summed E-state index contributed by atoms with van der Waals surface area (Å²) < 4.78 is 33.1. The van der Waals surface area contributed by atoms with Gasteiger partial charge in [-0.05, 0) is 61.8 Å². The van der Waals surface area contributed by atoms with Crippen molar-refractivity contribution >= 4 is 21.7 Å². The van der Waals surface area contributed by atoms with Crippen LogP contribution in [0.15, 0.2) is 77.2 Å². The van der Waals surface area contributed by atoms with E-state index in [1.165, 1.54) is 11.4 Å². The fourth-order valence-electron chi connectivity index (χ4n) is 4.93. The highest BCUT2D eigenvalue weighted by Gasteiger charge is 2.35. The number of nitrogens with two attached hydrogens (primary N) is 1. The minimum Gasteiger partial charge on any atom is -0.419 e. The Hall–Kier alpha value is -3.76. The predicted molar refractivity (Wildman–Crippen MR) is 162 cm³/mol. The monoisotopic (exact) mass is 574 g/mol. The molecule has 41 heavy (non-hydrogen) atoms. The van der Waals surface area contributed by atoms with Crippen LogP contribution in [0.5, 0.6) is 0 Å². The zero-order valence-electron chi connectivity index (χ0n) is 24.1. The summed E-state index contributed by atoms with van der Waals surface area (Å²) in [5, 5.41) is 8.64. The van der Waals surface area contributed by atoms with E-state index < -0.39 is 15.6 Å². The van der Waals surface area contributed by atoms with Crippen LogP contribution < -0.4 is 14.9 Å². The second-order valence-corrected chi connectivity index (χ2v) is 13.6. The third-order valence-corrected chi connectivity index (χ3v) is 9.50. The maximum atomic E-state index is 12.9. The summed E-state index contributed by atoms with van der Waals surface area (Å²) >= 11 is 0. The fourth-order valence-corrected chi connectivity index (χ4v) is 5.70. The first-order valence-corrected chi connectivity index (χ1v) is 15.6. The van der Waals surface area contributed by atoms with Crippen molar-refractivity contribution < 1.29 is 12.8 Å². The molecule has 2 heterocycles. The van der Waals surface area contributed by atoms with E-state index in [1.54, 1.807) is 13.0 Å². The molecule has 4 aromatic rings. The summed E-state index contributed by atoms with van der Waals surface area (Å²) in [5.74, 6) is 2.66. The van der Waals surface area contributed by atoms with Crippen LogP contribution in [-0.4, -0.2) is 42.9 Å². The number of nitrogens with zero attached hydrogens (tertiary/aromatic N) is 5. The highest BCUT2D eigenvalue weighted by Crippen LogP contribution is 2.40. The average molecular weight is 575 g/mol. The Labute approximate surface area is 242 Å². The Kier molecular flexibility index (Phi) is 8.15. The van der Waals surface area contributed by atoms with Gasteiger partial charge in [0.1, 0.15) is 11.6 Å². The summed E-state index contributed by atoms with van der Waals surface area (Å²) in [4.78, 5) is 7.06. The van der Waals surface area contributed by atoms with Crippen molar-refractivity contribution in [3.05, 3.63) is 89.8 Å². The molecule has 9 nitrogen and oxygen atoms in total. The highest BCUT2D eigenvalue weighted by atomic mass is 32.2. The molecule has 2 aromatic carbocycles. The Bertz CT molecular complexity index is 1570. The van der Waals surface area contributed by atoms with Gasteiger partial charge in [-0.2, -0.15) is 0 Å². The summed E-state index contributed by atoms with van der Waals surface area (Å²) in [7, 11) is -2.03. The predicted octanol–water partition coefficient (Wildman–Crippen LogP) is 5.00. The summed E-state index contributed by atoms with van der Waals surface area (Å²) in [6.45, 7) is 7.18. The van der Waals surface area contributed by atoms with Gasteiger partial charge in [-0.3, -0.25) is 4.31 Å². The minimum atomic E-state index is -3.56. The van der Waals surface area contributed by atoms with Crippen LogP contribution in [0.4, 0.5) is 11.6 Å². The third-order valence-electron chi connectivity index (χ3n) is 7.75. The molecule has 3 atom stereocenters. The highest BCUT2D eigenvalue weighted by molar-refractivity contribution is 7.92. The van der Waals surface area contributed by atoms with E-state index in [1.807, 2.05) is 61.5 Å². The molecule has 2 N–H and O–H groups in total.